The van der Waals surface area contributed by atoms with Crippen molar-refractivity contribution >= 4 is 35.8 Å². The van der Waals surface area contributed by atoms with Gasteiger partial charge in [-0.25, -0.2) is 0 Å². The van der Waals surface area contributed by atoms with E-state index in [0.717, 1.165) is 43.8 Å². The zero-order chi connectivity index (χ0) is 20.2. The molecule has 1 atom stereocenters. The predicted molar refractivity (Wildman–Crippen MR) is 125 cm³/mol. The van der Waals surface area contributed by atoms with Crippen molar-refractivity contribution in [1.82, 2.24) is 25.3 Å². The standard InChI is InChI=1S/C20H36N6O.HI/c1-14(12-17-15(2)24-26(7)16(17)3)23-19(21-4)22-13-20(10-8-9-11-20)18(27)25(5)6;/h14H,8-13H2,1-7H3,(H2,21,22,23);1H. The van der Waals surface area contributed by atoms with Crippen molar-refractivity contribution in [3.63, 3.8) is 0 Å². The Kier molecular flexibility index (Phi) is 9.23. The highest BCUT2D eigenvalue weighted by Crippen LogP contribution is 2.38. The molecule has 8 heteroatoms. The molecule has 1 fully saturated rings. The van der Waals surface area contributed by atoms with Crippen LogP contribution in [0.3, 0.4) is 0 Å². The minimum absolute atomic E-state index is 0. The fourth-order valence-electron chi connectivity index (χ4n) is 4.14. The van der Waals surface area contributed by atoms with Gasteiger partial charge in [0.1, 0.15) is 0 Å². The van der Waals surface area contributed by atoms with Gasteiger partial charge in [0.05, 0.1) is 11.1 Å². The molecule has 1 saturated carbocycles. The molecular weight excluding hydrogens is 467 g/mol. The molecule has 160 valence electrons. The van der Waals surface area contributed by atoms with Crippen molar-refractivity contribution in [2.75, 3.05) is 27.7 Å². The largest absolute Gasteiger partial charge is 0.355 e. The average molecular weight is 504 g/mol. The van der Waals surface area contributed by atoms with Gasteiger partial charge in [0, 0.05) is 46.5 Å². The summed E-state index contributed by atoms with van der Waals surface area (Å²) >= 11 is 0. The second-order valence-electron chi connectivity index (χ2n) is 8.14. The summed E-state index contributed by atoms with van der Waals surface area (Å²) < 4.78 is 1.93. The first-order valence-corrected chi connectivity index (χ1v) is 9.88. The lowest BCUT2D eigenvalue weighted by atomic mass is 9.84. The number of aliphatic imine (C=N–C) groups is 1. The fourth-order valence-corrected chi connectivity index (χ4v) is 4.14. The summed E-state index contributed by atoms with van der Waals surface area (Å²) in [4.78, 5) is 18.8. The summed E-state index contributed by atoms with van der Waals surface area (Å²) in [5.74, 6) is 0.970. The van der Waals surface area contributed by atoms with Gasteiger partial charge in [-0.2, -0.15) is 5.10 Å². The van der Waals surface area contributed by atoms with Crippen LogP contribution in [0.4, 0.5) is 0 Å². The molecule has 1 heterocycles. The van der Waals surface area contributed by atoms with Crippen molar-refractivity contribution in [2.45, 2.75) is 58.9 Å². The van der Waals surface area contributed by atoms with Crippen LogP contribution >= 0.6 is 24.0 Å². The van der Waals surface area contributed by atoms with Gasteiger partial charge in [-0.1, -0.05) is 12.8 Å². The number of nitrogens with zero attached hydrogens (tertiary/aromatic N) is 4. The number of guanidine groups is 1. The molecule has 1 aromatic rings. The number of hydrogen-bond acceptors (Lipinski definition) is 3. The summed E-state index contributed by atoms with van der Waals surface area (Å²) in [6.07, 6.45) is 5.00. The van der Waals surface area contributed by atoms with E-state index in [1.54, 1.807) is 11.9 Å². The average Bonchev–Trinajstić information content (AvgIpc) is 3.19. The van der Waals surface area contributed by atoms with Crippen LogP contribution in [-0.2, 0) is 18.3 Å². The van der Waals surface area contributed by atoms with Crippen LogP contribution in [0.1, 0.15) is 49.6 Å². The number of carbonyl (C=O) groups is 1. The number of aryl methyl sites for hydroxylation is 2. The number of nitrogens with one attached hydrogen (secondary N) is 2. The smallest absolute Gasteiger partial charge is 0.230 e. The van der Waals surface area contributed by atoms with E-state index in [0.29, 0.717) is 6.54 Å². The molecule has 1 aromatic heterocycles. The Labute approximate surface area is 186 Å². The van der Waals surface area contributed by atoms with Crippen molar-refractivity contribution in [2.24, 2.45) is 17.5 Å². The van der Waals surface area contributed by atoms with Gasteiger partial charge in [-0.3, -0.25) is 14.5 Å². The van der Waals surface area contributed by atoms with E-state index in [1.807, 2.05) is 25.8 Å². The third kappa shape index (κ3) is 5.61. The molecular formula is C20H37IN6O. The Morgan fingerprint density at radius 2 is 1.93 bits per heavy atom. The van der Waals surface area contributed by atoms with E-state index < -0.39 is 0 Å². The number of carbonyl (C=O) groups excluding carboxylic acids is 1. The van der Waals surface area contributed by atoms with Crippen LogP contribution in [0.15, 0.2) is 4.99 Å². The molecule has 28 heavy (non-hydrogen) atoms. The normalized spacial score (nSPS) is 17.0. The third-order valence-corrected chi connectivity index (χ3v) is 5.79. The Bertz CT molecular complexity index is 691. The van der Waals surface area contributed by atoms with Crippen molar-refractivity contribution in [1.29, 1.82) is 0 Å². The molecule has 2 rings (SSSR count). The molecule has 7 nitrogen and oxygen atoms in total. The Hall–Kier alpha value is -1.32. The van der Waals surface area contributed by atoms with Crippen LogP contribution in [0, 0.1) is 19.3 Å². The molecule has 0 aliphatic heterocycles. The first-order chi connectivity index (χ1) is 12.7. The summed E-state index contributed by atoms with van der Waals surface area (Å²) in [6, 6.07) is 0.210. The lowest BCUT2D eigenvalue weighted by Gasteiger charge is -2.31. The predicted octanol–water partition coefficient (Wildman–Crippen LogP) is 2.40. The van der Waals surface area contributed by atoms with Gasteiger partial charge in [0.25, 0.3) is 0 Å². The summed E-state index contributed by atoms with van der Waals surface area (Å²) in [6.45, 7) is 6.93. The summed E-state index contributed by atoms with van der Waals surface area (Å²) in [7, 11) is 7.44. The summed E-state index contributed by atoms with van der Waals surface area (Å²) in [5, 5.41) is 11.4. The van der Waals surface area contributed by atoms with E-state index in [2.05, 4.69) is 41.5 Å². The molecule has 1 aliphatic rings. The first kappa shape index (κ1) is 24.7. The number of hydrogen-bond donors (Lipinski definition) is 2. The number of amides is 1. The van der Waals surface area contributed by atoms with Crippen molar-refractivity contribution < 1.29 is 4.79 Å². The quantitative estimate of drug-likeness (QED) is 0.355. The van der Waals surface area contributed by atoms with Crippen molar-refractivity contribution in [3.05, 3.63) is 17.0 Å². The maximum atomic E-state index is 12.7. The molecule has 0 bridgehead atoms. The zero-order valence-corrected chi connectivity index (χ0v) is 20.8. The van der Waals surface area contributed by atoms with Crippen LogP contribution in [0.25, 0.3) is 0 Å². The summed E-state index contributed by atoms with van der Waals surface area (Å²) in [5.41, 5.74) is 3.25. The van der Waals surface area contributed by atoms with E-state index in [1.165, 1.54) is 11.3 Å². The SMILES string of the molecule is CN=C(NCC1(C(=O)N(C)C)CCCC1)NC(C)Cc1c(C)nn(C)c1C.I. The second kappa shape index (κ2) is 10.5. The van der Waals surface area contributed by atoms with Gasteiger partial charge in [0.15, 0.2) is 5.96 Å². The molecule has 1 aliphatic carbocycles. The third-order valence-electron chi connectivity index (χ3n) is 5.79. The van der Waals surface area contributed by atoms with Crippen LogP contribution < -0.4 is 10.6 Å². The molecule has 1 amide bonds. The minimum Gasteiger partial charge on any atom is -0.355 e. The molecule has 0 spiro atoms. The molecule has 0 saturated heterocycles. The monoisotopic (exact) mass is 504 g/mol. The molecule has 2 N–H and O–H groups in total. The number of halogens is 1. The molecule has 0 aromatic carbocycles. The van der Waals surface area contributed by atoms with Gasteiger partial charge in [-0.05, 0) is 45.6 Å². The lowest BCUT2D eigenvalue weighted by Crippen LogP contribution is -2.50. The van der Waals surface area contributed by atoms with E-state index in [4.69, 9.17) is 0 Å². The van der Waals surface area contributed by atoms with Crippen LogP contribution in [0.5, 0.6) is 0 Å². The van der Waals surface area contributed by atoms with Crippen LogP contribution in [0.2, 0.25) is 0 Å². The van der Waals surface area contributed by atoms with Crippen molar-refractivity contribution in [3.8, 4) is 0 Å². The molecule has 1 unspecified atom stereocenters. The van der Waals surface area contributed by atoms with E-state index in [-0.39, 0.29) is 41.3 Å². The van der Waals surface area contributed by atoms with E-state index in [9.17, 15) is 4.79 Å². The Balaban J connectivity index is 0.00000392. The highest BCUT2D eigenvalue weighted by Gasteiger charge is 2.42. The Morgan fingerprint density at radius 1 is 1.32 bits per heavy atom. The van der Waals surface area contributed by atoms with Crippen LogP contribution in [-0.4, -0.2) is 60.3 Å². The van der Waals surface area contributed by atoms with Gasteiger partial charge in [0.2, 0.25) is 5.91 Å². The topological polar surface area (TPSA) is 74.6 Å². The number of rotatable bonds is 6. The van der Waals surface area contributed by atoms with Gasteiger partial charge in [-0.15, -0.1) is 24.0 Å². The van der Waals surface area contributed by atoms with E-state index >= 15 is 0 Å². The molecule has 0 radical (unpaired) electrons. The van der Waals surface area contributed by atoms with Gasteiger partial charge < -0.3 is 15.5 Å². The zero-order valence-electron chi connectivity index (χ0n) is 18.4. The maximum Gasteiger partial charge on any atom is 0.230 e. The highest BCUT2D eigenvalue weighted by molar-refractivity contribution is 14.0. The minimum atomic E-state index is -0.305. The first-order valence-electron chi connectivity index (χ1n) is 9.88. The maximum absolute atomic E-state index is 12.7. The highest BCUT2D eigenvalue weighted by atomic mass is 127. The fraction of sp³-hybridized carbons (Fsp3) is 0.750. The van der Waals surface area contributed by atoms with Gasteiger partial charge >= 0.3 is 0 Å². The Morgan fingerprint density at radius 3 is 2.39 bits per heavy atom. The number of aromatic nitrogens is 2. The second-order valence-corrected chi connectivity index (χ2v) is 8.14. The lowest BCUT2D eigenvalue weighted by molar-refractivity contribution is -0.138.